The molecule has 1 saturated heterocycles. The van der Waals surface area contributed by atoms with Crippen LogP contribution < -0.4 is 15.8 Å². The van der Waals surface area contributed by atoms with Gasteiger partial charge in [0.1, 0.15) is 18.1 Å². The minimum absolute atomic E-state index is 0. The highest BCUT2D eigenvalue weighted by Crippen LogP contribution is 2.43. The summed E-state index contributed by atoms with van der Waals surface area (Å²) >= 11 is 6.19. The number of hydrogen-bond acceptors (Lipinski definition) is 10. The number of alkyl halides is 3. The van der Waals surface area contributed by atoms with Crippen molar-refractivity contribution >= 4 is 46.1 Å². The van der Waals surface area contributed by atoms with Gasteiger partial charge >= 0.3 is 6.18 Å². The maximum atomic E-state index is 14.4. The molecule has 4 aromatic rings. The molecular formula is C33H35ClF3N9O6. The summed E-state index contributed by atoms with van der Waals surface area (Å²) in [5, 5.41) is 17.5. The quantitative estimate of drug-likeness (QED) is 0.306. The molecule has 0 radical (unpaired) electrons. The summed E-state index contributed by atoms with van der Waals surface area (Å²) in [5.74, 6) is -1.21. The van der Waals surface area contributed by atoms with Crippen LogP contribution in [0.4, 0.5) is 24.5 Å². The van der Waals surface area contributed by atoms with Crippen LogP contribution in [0, 0.1) is 6.92 Å². The Morgan fingerprint density at radius 2 is 1.92 bits per heavy atom. The van der Waals surface area contributed by atoms with E-state index < -0.39 is 41.2 Å². The normalized spacial score (nSPS) is 20.4. The molecule has 3 atom stereocenters. The number of nitrogens with zero attached hydrogens (tertiary/aromatic N) is 8. The van der Waals surface area contributed by atoms with Crippen LogP contribution in [-0.4, -0.2) is 95.3 Å². The van der Waals surface area contributed by atoms with E-state index in [1.807, 2.05) is 24.8 Å². The topological polar surface area (TPSA) is 192 Å². The summed E-state index contributed by atoms with van der Waals surface area (Å²) in [6, 6.07) is 1.34. The van der Waals surface area contributed by atoms with Crippen LogP contribution in [-0.2, 0) is 15.7 Å². The predicted molar refractivity (Wildman–Crippen MR) is 183 cm³/mol. The van der Waals surface area contributed by atoms with Gasteiger partial charge < -0.3 is 30.4 Å². The molecule has 3 aliphatic heterocycles. The number of rotatable bonds is 5. The number of nitrogens with one attached hydrogen (secondary N) is 1. The summed E-state index contributed by atoms with van der Waals surface area (Å²) in [7, 11) is 0. The smallest absolute Gasteiger partial charge is 0.416 e. The van der Waals surface area contributed by atoms with E-state index in [-0.39, 0.29) is 71.1 Å². The molecule has 15 nitrogen and oxygen atoms in total. The van der Waals surface area contributed by atoms with Gasteiger partial charge in [-0.1, -0.05) is 24.6 Å². The van der Waals surface area contributed by atoms with Crippen molar-refractivity contribution in [2.75, 3.05) is 43.1 Å². The molecule has 1 aromatic carbocycles. The van der Waals surface area contributed by atoms with E-state index in [9.17, 15) is 32.7 Å². The van der Waals surface area contributed by atoms with Crippen LogP contribution >= 0.6 is 11.6 Å². The fourth-order valence-electron chi connectivity index (χ4n) is 6.98. The van der Waals surface area contributed by atoms with Gasteiger partial charge in [0.25, 0.3) is 11.5 Å². The number of amides is 2. The molecule has 6 heterocycles. The molecule has 7 rings (SSSR count). The number of carbonyl (C=O) groups is 2. The van der Waals surface area contributed by atoms with Crippen molar-refractivity contribution in [1.82, 2.24) is 34.0 Å². The molecule has 0 spiro atoms. The fourth-order valence-corrected chi connectivity index (χ4v) is 7.20. The first-order valence-electron chi connectivity index (χ1n) is 16.3. The van der Waals surface area contributed by atoms with Crippen molar-refractivity contribution in [3.8, 4) is 5.75 Å². The van der Waals surface area contributed by atoms with E-state index in [0.717, 1.165) is 23.8 Å². The number of fused-ring (bicyclic) bond motifs is 3. The molecule has 2 amide bonds. The highest BCUT2D eigenvalue weighted by atomic mass is 35.5. The van der Waals surface area contributed by atoms with Gasteiger partial charge in [0.05, 0.1) is 40.9 Å². The molecule has 4 N–H and O–H groups in total. The van der Waals surface area contributed by atoms with E-state index in [0.29, 0.717) is 36.8 Å². The van der Waals surface area contributed by atoms with Crippen LogP contribution in [0.25, 0.3) is 11.4 Å². The number of piperazine rings is 1. The first kappa shape index (κ1) is 36.7. The molecule has 3 aliphatic rings. The zero-order valence-corrected chi connectivity index (χ0v) is 29.0. The molecule has 3 aromatic heterocycles. The van der Waals surface area contributed by atoms with Gasteiger partial charge in [-0.05, 0) is 50.5 Å². The monoisotopic (exact) mass is 745 g/mol. The molecule has 0 aliphatic carbocycles. The Morgan fingerprint density at radius 3 is 2.60 bits per heavy atom. The van der Waals surface area contributed by atoms with Crippen molar-refractivity contribution in [1.29, 1.82) is 0 Å². The van der Waals surface area contributed by atoms with Gasteiger partial charge in [-0.3, -0.25) is 19.0 Å². The molecular weight excluding hydrogens is 711 g/mol. The zero-order valence-electron chi connectivity index (χ0n) is 28.2. The third-order valence-corrected chi connectivity index (χ3v) is 9.89. The number of aromatic hydroxyl groups is 1. The summed E-state index contributed by atoms with van der Waals surface area (Å²) in [4.78, 5) is 57.9. The summed E-state index contributed by atoms with van der Waals surface area (Å²) < 4.78 is 48.1. The lowest BCUT2D eigenvalue weighted by molar-refractivity contribution is -0.137. The number of anilines is 2. The minimum atomic E-state index is -4.61. The third-order valence-electron chi connectivity index (χ3n) is 9.58. The minimum Gasteiger partial charge on any atom is -0.504 e. The standard InChI is InChI=1S/C33H33ClF3N9O5.H2O/c1-16-12-23(29(48)40-22-5-4-20(13-21(22)34)33(35,36)37)45-25(16)26(31(50)46-32(45)41-28(42-46)19-6-10-51-11-7-19)43-8-9-44(17(2)14-43)30(49)24-27(47)18(3)38-15-39-24;/h4-6,13,15-17,23,47H,7-12,14H2,1-3H3,(H,40,48);1H2/t16?,17-,23?;/m1./s1. The van der Waals surface area contributed by atoms with Crippen molar-refractivity contribution in [3.05, 3.63) is 74.4 Å². The largest absolute Gasteiger partial charge is 0.504 e. The first-order valence-corrected chi connectivity index (χ1v) is 16.7. The zero-order chi connectivity index (χ0) is 36.4. The number of benzene rings is 1. The number of aryl methyl sites for hydroxylation is 1. The maximum Gasteiger partial charge on any atom is 0.416 e. The van der Waals surface area contributed by atoms with Crippen LogP contribution in [0.5, 0.6) is 5.75 Å². The van der Waals surface area contributed by atoms with Crippen molar-refractivity contribution in [2.45, 2.75) is 57.8 Å². The SMILES string of the molecule is Cc1ncnc(C(=O)N2CCN(c3c4n(c5nc(C6=CCOCC6)nn5c3=O)C(C(=O)Nc3ccc(C(F)(F)F)cc3Cl)CC4C)C[C@H]2C)c1O.O. The molecule has 0 bridgehead atoms. The molecule has 52 heavy (non-hydrogen) atoms. The van der Waals surface area contributed by atoms with E-state index in [4.69, 9.17) is 21.3 Å². The van der Waals surface area contributed by atoms with Crippen molar-refractivity contribution in [2.24, 2.45) is 0 Å². The highest BCUT2D eigenvalue weighted by Gasteiger charge is 2.42. The van der Waals surface area contributed by atoms with Gasteiger partial charge in [0, 0.05) is 31.6 Å². The van der Waals surface area contributed by atoms with Gasteiger partial charge in [0.15, 0.2) is 17.3 Å². The average Bonchev–Trinajstić information content (AvgIpc) is 3.69. The molecule has 276 valence electrons. The Kier molecular flexibility index (Phi) is 9.75. The number of halogens is 4. The predicted octanol–water partition coefficient (Wildman–Crippen LogP) is 3.38. The second kappa shape index (κ2) is 13.8. The van der Waals surface area contributed by atoms with Gasteiger partial charge in [-0.25, -0.2) is 9.97 Å². The van der Waals surface area contributed by atoms with Gasteiger partial charge in [0.2, 0.25) is 11.7 Å². The molecule has 1 fully saturated rings. The Hall–Kier alpha value is -5.07. The highest BCUT2D eigenvalue weighted by molar-refractivity contribution is 6.33. The van der Waals surface area contributed by atoms with Crippen molar-refractivity contribution in [3.63, 3.8) is 0 Å². The summed E-state index contributed by atoms with van der Waals surface area (Å²) in [6.07, 6.45) is -0.798. The fraction of sp³-hybridized carbons (Fsp3) is 0.424. The Balaban J connectivity index is 0.00000464. The lowest BCUT2D eigenvalue weighted by Crippen LogP contribution is -2.55. The third kappa shape index (κ3) is 6.34. The number of aromatic nitrogens is 6. The Labute approximate surface area is 299 Å². The van der Waals surface area contributed by atoms with E-state index in [1.165, 1.54) is 10.8 Å². The van der Waals surface area contributed by atoms with E-state index >= 15 is 0 Å². The average molecular weight is 746 g/mol. The number of hydrogen-bond donors (Lipinski definition) is 2. The Morgan fingerprint density at radius 1 is 1.15 bits per heavy atom. The second-order valence-corrected chi connectivity index (χ2v) is 13.3. The van der Waals surface area contributed by atoms with E-state index in [2.05, 4.69) is 20.4 Å². The van der Waals surface area contributed by atoms with Crippen LogP contribution in [0.1, 0.15) is 71.9 Å². The lowest BCUT2D eigenvalue weighted by Gasteiger charge is -2.41. The molecule has 2 unspecified atom stereocenters. The second-order valence-electron chi connectivity index (χ2n) is 12.9. The molecule has 0 saturated carbocycles. The lowest BCUT2D eigenvalue weighted by atomic mass is 10.0. The number of carbonyl (C=O) groups excluding carboxylic acids is 2. The maximum absolute atomic E-state index is 14.4. The van der Waals surface area contributed by atoms with E-state index in [1.54, 1.807) is 16.4 Å². The van der Waals surface area contributed by atoms with Crippen LogP contribution in [0.15, 0.2) is 35.4 Å². The van der Waals surface area contributed by atoms with Crippen LogP contribution in [0.2, 0.25) is 5.02 Å². The first-order chi connectivity index (χ1) is 24.2. The Bertz CT molecular complexity index is 2170. The summed E-state index contributed by atoms with van der Waals surface area (Å²) in [6.45, 7) is 6.75. The van der Waals surface area contributed by atoms with Crippen molar-refractivity contribution < 1.29 is 38.1 Å². The van der Waals surface area contributed by atoms with Gasteiger partial charge in [-0.2, -0.15) is 22.7 Å². The van der Waals surface area contributed by atoms with Crippen LogP contribution in [0.3, 0.4) is 0 Å². The number of ether oxygens (including phenoxy) is 1. The van der Waals surface area contributed by atoms with Gasteiger partial charge in [-0.15, -0.1) is 5.10 Å². The molecule has 19 heteroatoms. The summed E-state index contributed by atoms with van der Waals surface area (Å²) in [5.41, 5.74) is 0.392.